The Morgan fingerprint density at radius 3 is 2.44 bits per heavy atom. The Kier molecular flexibility index (Phi) is 5.01. The lowest BCUT2D eigenvalue weighted by atomic mass is 10.1. The van der Waals surface area contributed by atoms with Crippen LogP contribution in [0, 0.1) is 9.49 Å². The van der Waals surface area contributed by atoms with Crippen LogP contribution in [0.2, 0.25) is 0 Å². The summed E-state index contributed by atoms with van der Waals surface area (Å²) in [7, 11) is 0. The second-order valence-corrected chi connectivity index (χ2v) is 5.58. The second-order valence-electron chi connectivity index (χ2n) is 4.33. The first-order chi connectivity index (χ1) is 8.20. The van der Waals surface area contributed by atoms with Crippen molar-refractivity contribution in [3.8, 4) is 0 Å². The van der Waals surface area contributed by atoms with E-state index in [9.17, 15) is 18.0 Å². The Morgan fingerprint density at radius 2 is 1.94 bits per heavy atom. The fraction of sp³-hybridized carbons (Fsp3) is 0.417. The highest BCUT2D eigenvalue weighted by Crippen LogP contribution is 2.31. The lowest BCUT2D eigenvalue weighted by Gasteiger charge is -2.11. The van der Waals surface area contributed by atoms with Crippen molar-refractivity contribution in [1.82, 2.24) is 5.32 Å². The maximum atomic E-state index is 12.6. The van der Waals surface area contributed by atoms with Crippen molar-refractivity contribution in [3.63, 3.8) is 0 Å². The van der Waals surface area contributed by atoms with Crippen LogP contribution in [0.15, 0.2) is 18.2 Å². The van der Waals surface area contributed by atoms with Gasteiger partial charge in [0.15, 0.2) is 0 Å². The molecule has 0 atom stereocenters. The number of amides is 1. The molecule has 0 saturated heterocycles. The molecule has 100 valence electrons. The van der Waals surface area contributed by atoms with Gasteiger partial charge in [-0.25, -0.2) is 0 Å². The van der Waals surface area contributed by atoms with Crippen molar-refractivity contribution >= 4 is 28.5 Å². The van der Waals surface area contributed by atoms with Crippen LogP contribution in [-0.4, -0.2) is 12.5 Å². The Labute approximate surface area is 117 Å². The lowest BCUT2D eigenvalue weighted by Crippen LogP contribution is -2.27. The van der Waals surface area contributed by atoms with Gasteiger partial charge in [0.1, 0.15) is 0 Å². The van der Waals surface area contributed by atoms with E-state index in [0.29, 0.717) is 10.1 Å². The summed E-state index contributed by atoms with van der Waals surface area (Å²) in [6, 6.07) is 3.32. The third-order valence-electron chi connectivity index (χ3n) is 2.16. The Morgan fingerprint density at radius 1 is 1.33 bits per heavy atom. The highest BCUT2D eigenvalue weighted by Gasteiger charge is 2.31. The summed E-state index contributed by atoms with van der Waals surface area (Å²) in [5.74, 6) is -0.230. The first-order valence-corrected chi connectivity index (χ1v) is 6.44. The van der Waals surface area contributed by atoms with Crippen molar-refractivity contribution in [2.75, 3.05) is 6.54 Å². The Hall–Kier alpha value is -0.790. The first-order valence-electron chi connectivity index (χ1n) is 5.36. The Bertz CT molecular complexity index is 443. The summed E-state index contributed by atoms with van der Waals surface area (Å²) >= 11 is 1.77. The van der Waals surface area contributed by atoms with E-state index in [1.807, 2.05) is 13.8 Å². The molecule has 1 rings (SSSR count). The molecule has 1 aromatic rings. The van der Waals surface area contributed by atoms with E-state index in [1.54, 1.807) is 22.6 Å². The topological polar surface area (TPSA) is 29.1 Å². The van der Waals surface area contributed by atoms with Crippen LogP contribution in [0.3, 0.4) is 0 Å². The van der Waals surface area contributed by atoms with E-state index >= 15 is 0 Å². The minimum atomic E-state index is -4.44. The summed E-state index contributed by atoms with van der Waals surface area (Å²) < 4.78 is 38.2. The molecule has 0 heterocycles. The smallest absolute Gasteiger partial charge is 0.352 e. The van der Waals surface area contributed by atoms with E-state index in [-0.39, 0.29) is 11.5 Å². The van der Waals surface area contributed by atoms with Gasteiger partial charge in [-0.2, -0.15) is 13.2 Å². The van der Waals surface area contributed by atoms with Crippen LogP contribution in [-0.2, 0) is 6.18 Å². The third-order valence-corrected chi connectivity index (χ3v) is 2.78. The number of carbonyl (C=O) groups excluding carboxylic acids is 1. The molecule has 1 aromatic carbocycles. The predicted molar refractivity (Wildman–Crippen MR) is 71.3 cm³/mol. The predicted octanol–water partition coefficient (Wildman–Crippen LogP) is 3.70. The zero-order valence-corrected chi connectivity index (χ0v) is 12.1. The fourth-order valence-electron chi connectivity index (χ4n) is 1.28. The van der Waals surface area contributed by atoms with Crippen molar-refractivity contribution in [2.45, 2.75) is 20.0 Å². The van der Waals surface area contributed by atoms with E-state index < -0.39 is 17.6 Å². The molecule has 18 heavy (non-hydrogen) atoms. The van der Waals surface area contributed by atoms with Gasteiger partial charge in [-0.1, -0.05) is 13.8 Å². The number of alkyl halides is 3. The molecular weight excluding hydrogens is 358 g/mol. The normalized spacial score (nSPS) is 11.7. The third kappa shape index (κ3) is 4.47. The number of hydrogen-bond acceptors (Lipinski definition) is 1. The molecule has 0 fully saturated rings. The van der Waals surface area contributed by atoms with E-state index in [0.717, 1.165) is 12.1 Å². The molecule has 0 radical (unpaired) electrons. The van der Waals surface area contributed by atoms with E-state index in [1.165, 1.54) is 6.07 Å². The quantitative estimate of drug-likeness (QED) is 0.807. The van der Waals surface area contributed by atoms with Crippen LogP contribution >= 0.6 is 22.6 Å². The molecule has 0 bridgehead atoms. The molecule has 1 N–H and O–H groups in total. The van der Waals surface area contributed by atoms with Crippen LogP contribution in [0.4, 0.5) is 13.2 Å². The van der Waals surface area contributed by atoms with E-state index in [2.05, 4.69) is 5.32 Å². The average Bonchev–Trinajstić information content (AvgIpc) is 2.23. The van der Waals surface area contributed by atoms with Crippen molar-refractivity contribution in [2.24, 2.45) is 5.92 Å². The second kappa shape index (κ2) is 5.90. The number of halogens is 4. The summed E-state index contributed by atoms with van der Waals surface area (Å²) in [5, 5.41) is 2.59. The average molecular weight is 371 g/mol. The van der Waals surface area contributed by atoms with Gasteiger partial charge in [0.05, 0.1) is 5.56 Å². The summed E-state index contributed by atoms with van der Waals surface area (Å²) in [6.45, 7) is 4.26. The minimum absolute atomic E-state index is 0.0369. The molecule has 1 amide bonds. The van der Waals surface area contributed by atoms with E-state index in [4.69, 9.17) is 0 Å². The van der Waals surface area contributed by atoms with Crippen LogP contribution < -0.4 is 5.32 Å². The summed E-state index contributed by atoms with van der Waals surface area (Å²) in [5.41, 5.74) is -0.765. The van der Waals surface area contributed by atoms with Crippen LogP contribution in [0.1, 0.15) is 29.8 Å². The summed E-state index contributed by atoms with van der Waals surface area (Å²) in [6.07, 6.45) is -4.44. The van der Waals surface area contributed by atoms with Gasteiger partial charge in [0.2, 0.25) is 0 Å². The number of carbonyl (C=O) groups is 1. The molecule has 0 aliphatic rings. The molecular formula is C12H13F3INO. The molecule has 0 unspecified atom stereocenters. The number of benzene rings is 1. The molecule has 0 aliphatic carbocycles. The van der Waals surface area contributed by atoms with Crippen molar-refractivity contribution in [1.29, 1.82) is 0 Å². The molecule has 0 saturated carbocycles. The van der Waals surface area contributed by atoms with Crippen LogP contribution in [0.25, 0.3) is 0 Å². The van der Waals surface area contributed by atoms with Gasteiger partial charge >= 0.3 is 6.18 Å². The molecule has 6 heteroatoms. The minimum Gasteiger partial charge on any atom is -0.352 e. The number of hydrogen-bond donors (Lipinski definition) is 1. The first kappa shape index (κ1) is 15.3. The molecule has 2 nitrogen and oxygen atoms in total. The number of rotatable bonds is 3. The van der Waals surface area contributed by atoms with Gasteiger partial charge in [0, 0.05) is 15.7 Å². The highest BCUT2D eigenvalue weighted by atomic mass is 127. The van der Waals surface area contributed by atoms with Gasteiger partial charge < -0.3 is 5.32 Å². The zero-order chi connectivity index (χ0) is 13.9. The SMILES string of the molecule is CC(C)CNC(=O)c1cc(I)cc(C(F)(F)F)c1. The monoisotopic (exact) mass is 371 g/mol. The summed E-state index contributed by atoms with van der Waals surface area (Å²) in [4.78, 5) is 11.7. The number of nitrogens with one attached hydrogen (secondary N) is 1. The zero-order valence-electron chi connectivity index (χ0n) is 9.94. The standard InChI is InChI=1S/C12H13F3INO/c1-7(2)6-17-11(18)8-3-9(12(13,14)15)5-10(16)4-8/h3-5,7H,6H2,1-2H3,(H,17,18). The Balaban J connectivity index is 2.96. The molecule has 0 aromatic heterocycles. The van der Waals surface area contributed by atoms with Gasteiger partial charge in [-0.05, 0) is 46.7 Å². The van der Waals surface area contributed by atoms with Crippen molar-refractivity contribution in [3.05, 3.63) is 32.9 Å². The highest BCUT2D eigenvalue weighted by molar-refractivity contribution is 14.1. The maximum absolute atomic E-state index is 12.6. The maximum Gasteiger partial charge on any atom is 0.416 e. The largest absolute Gasteiger partial charge is 0.416 e. The van der Waals surface area contributed by atoms with Gasteiger partial charge in [-0.15, -0.1) is 0 Å². The molecule has 0 aliphatic heterocycles. The lowest BCUT2D eigenvalue weighted by molar-refractivity contribution is -0.137. The van der Waals surface area contributed by atoms with Crippen LogP contribution in [0.5, 0.6) is 0 Å². The molecule has 0 spiro atoms. The van der Waals surface area contributed by atoms with Gasteiger partial charge in [-0.3, -0.25) is 4.79 Å². The van der Waals surface area contributed by atoms with Gasteiger partial charge in [0.25, 0.3) is 5.91 Å². The van der Waals surface area contributed by atoms with Crippen molar-refractivity contribution < 1.29 is 18.0 Å². The fourth-order valence-corrected chi connectivity index (χ4v) is 1.95.